The Kier molecular flexibility index (Phi) is 5.87. The summed E-state index contributed by atoms with van der Waals surface area (Å²) in [5.41, 5.74) is 2.35. The van der Waals surface area contributed by atoms with Crippen LogP contribution in [0.4, 0.5) is 0 Å². The van der Waals surface area contributed by atoms with Gasteiger partial charge in [0.1, 0.15) is 24.7 Å². The van der Waals surface area contributed by atoms with Gasteiger partial charge in [-0.2, -0.15) is 0 Å². The van der Waals surface area contributed by atoms with E-state index in [-0.39, 0.29) is 13.2 Å². The molecule has 2 aromatic rings. The van der Waals surface area contributed by atoms with Gasteiger partial charge < -0.3 is 19.7 Å². The molecule has 0 saturated carbocycles. The lowest BCUT2D eigenvalue weighted by atomic mass is 9.87. The maximum Gasteiger partial charge on any atom is 0.132 e. The van der Waals surface area contributed by atoms with Crippen molar-refractivity contribution in [1.82, 2.24) is 0 Å². The van der Waals surface area contributed by atoms with Crippen molar-refractivity contribution >= 4 is 26.7 Å². The first-order valence-electron chi connectivity index (χ1n) is 8.86. The second kappa shape index (κ2) is 7.94. The molecule has 2 aromatic carbocycles. The molecule has 0 saturated heterocycles. The number of aliphatic hydroxyl groups excluding tert-OH is 2. The smallest absolute Gasteiger partial charge is 0.132 e. The number of halogens is 1. The number of aliphatic hydroxyl groups is 2. The molecule has 0 spiro atoms. The lowest BCUT2D eigenvalue weighted by Gasteiger charge is -2.26. The van der Waals surface area contributed by atoms with Crippen molar-refractivity contribution in [3.05, 3.63) is 33.8 Å². The molecule has 0 aliphatic heterocycles. The molecule has 0 amide bonds. The fraction of sp³-hybridized carbons (Fsp3) is 0.500. The Morgan fingerprint density at radius 1 is 0.960 bits per heavy atom. The van der Waals surface area contributed by atoms with E-state index in [1.54, 1.807) is 13.8 Å². The van der Waals surface area contributed by atoms with E-state index in [1.807, 2.05) is 18.2 Å². The summed E-state index contributed by atoms with van der Waals surface area (Å²) in [5, 5.41) is 21.3. The van der Waals surface area contributed by atoms with E-state index in [2.05, 4.69) is 15.9 Å². The van der Waals surface area contributed by atoms with Gasteiger partial charge in [0.25, 0.3) is 0 Å². The predicted octanol–water partition coefficient (Wildman–Crippen LogP) is 4.00. The highest BCUT2D eigenvalue weighted by molar-refractivity contribution is 9.10. The number of benzene rings is 2. The SMILES string of the molecule is CC(O)COc1c2c(c(OCC(C)O)c3c(Br)cccc13)CCCC2. The third-order valence-electron chi connectivity index (χ3n) is 4.44. The number of hydrogen-bond acceptors (Lipinski definition) is 4. The quantitative estimate of drug-likeness (QED) is 0.757. The zero-order chi connectivity index (χ0) is 18.0. The van der Waals surface area contributed by atoms with E-state index >= 15 is 0 Å². The summed E-state index contributed by atoms with van der Waals surface area (Å²) in [6.07, 6.45) is 3.07. The standard InChI is InChI=1S/C20H25BrO4/c1-12(22)10-24-19-14-6-3-4-7-15(14)20(25-11-13(2)23)18-16(19)8-5-9-17(18)21/h5,8-9,12-13,22-23H,3-4,6-7,10-11H2,1-2H3. The maximum atomic E-state index is 9.67. The van der Waals surface area contributed by atoms with Crippen LogP contribution in [0.25, 0.3) is 10.8 Å². The normalized spacial score (nSPS) is 16.4. The van der Waals surface area contributed by atoms with Crippen molar-refractivity contribution in [3.8, 4) is 11.5 Å². The van der Waals surface area contributed by atoms with Gasteiger partial charge in [-0.1, -0.05) is 28.1 Å². The van der Waals surface area contributed by atoms with Gasteiger partial charge in [0.2, 0.25) is 0 Å². The van der Waals surface area contributed by atoms with Crippen LogP contribution in [0.1, 0.15) is 37.8 Å². The van der Waals surface area contributed by atoms with E-state index in [0.717, 1.165) is 52.4 Å². The van der Waals surface area contributed by atoms with Gasteiger partial charge in [-0.3, -0.25) is 0 Å². The largest absolute Gasteiger partial charge is 0.490 e. The fourth-order valence-corrected chi connectivity index (χ4v) is 3.94. The Balaban J connectivity index is 2.21. The van der Waals surface area contributed by atoms with Gasteiger partial charge in [0.05, 0.1) is 12.2 Å². The van der Waals surface area contributed by atoms with Crippen LogP contribution < -0.4 is 9.47 Å². The Bertz CT molecular complexity index is 755. The molecule has 0 aromatic heterocycles. The van der Waals surface area contributed by atoms with Crippen molar-refractivity contribution in [2.45, 2.75) is 51.7 Å². The van der Waals surface area contributed by atoms with E-state index in [4.69, 9.17) is 9.47 Å². The topological polar surface area (TPSA) is 58.9 Å². The molecule has 5 heteroatoms. The molecule has 1 aliphatic carbocycles. The molecule has 2 unspecified atom stereocenters. The van der Waals surface area contributed by atoms with Crippen LogP contribution in [0.15, 0.2) is 22.7 Å². The van der Waals surface area contributed by atoms with Crippen molar-refractivity contribution < 1.29 is 19.7 Å². The van der Waals surface area contributed by atoms with E-state index in [1.165, 1.54) is 11.1 Å². The zero-order valence-corrected chi connectivity index (χ0v) is 16.3. The third-order valence-corrected chi connectivity index (χ3v) is 5.10. The summed E-state index contributed by atoms with van der Waals surface area (Å²) in [7, 11) is 0. The average Bonchev–Trinajstić information content (AvgIpc) is 2.57. The monoisotopic (exact) mass is 408 g/mol. The van der Waals surface area contributed by atoms with Crippen LogP contribution >= 0.6 is 15.9 Å². The minimum absolute atomic E-state index is 0.261. The lowest BCUT2D eigenvalue weighted by Crippen LogP contribution is -2.18. The summed E-state index contributed by atoms with van der Waals surface area (Å²) >= 11 is 3.65. The minimum atomic E-state index is -0.525. The molecular formula is C20H25BrO4. The highest BCUT2D eigenvalue weighted by Gasteiger charge is 2.25. The van der Waals surface area contributed by atoms with Gasteiger partial charge in [0.15, 0.2) is 0 Å². The molecular weight excluding hydrogens is 384 g/mol. The summed E-state index contributed by atoms with van der Waals surface area (Å²) in [5.74, 6) is 1.71. The first-order valence-corrected chi connectivity index (χ1v) is 9.66. The van der Waals surface area contributed by atoms with Crippen LogP contribution in [0, 0.1) is 0 Å². The molecule has 0 radical (unpaired) electrons. The molecule has 2 atom stereocenters. The van der Waals surface area contributed by atoms with Crippen LogP contribution in [-0.4, -0.2) is 35.6 Å². The Hall–Kier alpha value is -1.30. The third kappa shape index (κ3) is 3.94. The molecule has 4 nitrogen and oxygen atoms in total. The summed E-state index contributed by atoms with van der Waals surface area (Å²) in [4.78, 5) is 0. The van der Waals surface area contributed by atoms with Crippen molar-refractivity contribution in [2.75, 3.05) is 13.2 Å². The van der Waals surface area contributed by atoms with Crippen molar-refractivity contribution in [1.29, 1.82) is 0 Å². The Morgan fingerprint density at radius 3 is 2.12 bits per heavy atom. The highest BCUT2D eigenvalue weighted by Crippen LogP contribution is 2.46. The molecule has 0 bridgehead atoms. The number of rotatable bonds is 6. The van der Waals surface area contributed by atoms with Gasteiger partial charge in [-0.05, 0) is 45.6 Å². The number of hydrogen-bond donors (Lipinski definition) is 2. The van der Waals surface area contributed by atoms with Gasteiger partial charge in [-0.25, -0.2) is 0 Å². The first kappa shape index (κ1) is 18.5. The predicted molar refractivity (Wildman–Crippen MR) is 103 cm³/mol. The fourth-order valence-electron chi connectivity index (χ4n) is 3.40. The minimum Gasteiger partial charge on any atom is -0.490 e. The molecule has 2 N–H and O–H groups in total. The van der Waals surface area contributed by atoms with E-state index in [0.29, 0.717) is 0 Å². The summed E-state index contributed by atoms with van der Waals surface area (Å²) < 4.78 is 13.0. The highest BCUT2D eigenvalue weighted by atomic mass is 79.9. The van der Waals surface area contributed by atoms with Crippen LogP contribution in [0.2, 0.25) is 0 Å². The van der Waals surface area contributed by atoms with Crippen LogP contribution in [0.5, 0.6) is 11.5 Å². The van der Waals surface area contributed by atoms with Crippen LogP contribution in [0.3, 0.4) is 0 Å². The summed E-state index contributed by atoms with van der Waals surface area (Å²) in [6, 6.07) is 6.00. The number of fused-ring (bicyclic) bond motifs is 2. The molecule has 0 heterocycles. The molecule has 0 fully saturated rings. The Labute approximate surface area is 156 Å². The van der Waals surface area contributed by atoms with Crippen LogP contribution in [-0.2, 0) is 12.8 Å². The van der Waals surface area contributed by atoms with Crippen molar-refractivity contribution in [2.24, 2.45) is 0 Å². The van der Waals surface area contributed by atoms with Crippen molar-refractivity contribution in [3.63, 3.8) is 0 Å². The van der Waals surface area contributed by atoms with Gasteiger partial charge in [0, 0.05) is 26.4 Å². The second-order valence-corrected chi connectivity index (χ2v) is 7.66. The molecule has 136 valence electrons. The second-order valence-electron chi connectivity index (χ2n) is 6.80. The average molecular weight is 409 g/mol. The molecule has 1 aliphatic rings. The zero-order valence-electron chi connectivity index (χ0n) is 14.7. The summed E-state index contributed by atoms with van der Waals surface area (Å²) in [6.45, 7) is 3.98. The first-order chi connectivity index (χ1) is 12.0. The Morgan fingerprint density at radius 2 is 1.52 bits per heavy atom. The maximum absolute atomic E-state index is 9.67. The molecule has 3 rings (SSSR count). The lowest BCUT2D eigenvalue weighted by molar-refractivity contribution is 0.120. The van der Waals surface area contributed by atoms with Gasteiger partial charge in [-0.15, -0.1) is 0 Å². The van der Waals surface area contributed by atoms with E-state index in [9.17, 15) is 10.2 Å². The van der Waals surface area contributed by atoms with Gasteiger partial charge >= 0.3 is 0 Å². The number of ether oxygens (including phenoxy) is 2. The molecule has 25 heavy (non-hydrogen) atoms. The van der Waals surface area contributed by atoms with E-state index < -0.39 is 12.2 Å².